The van der Waals surface area contributed by atoms with Crippen molar-refractivity contribution in [2.75, 3.05) is 11.1 Å². The Morgan fingerprint density at radius 3 is 2.66 bits per heavy atom. The third-order valence-electron chi connectivity index (χ3n) is 5.61. The molecule has 2 heterocycles. The molecule has 0 atom stereocenters. The van der Waals surface area contributed by atoms with Gasteiger partial charge < -0.3 is 10.3 Å². The summed E-state index contributed by atoms with van der Waals surface area (Å²) in [5.74, 6) is 0.599. The number of anilines is 1. The molecule has 0 saturated heterocycles. The molecule has 7 nitrogen and oxygen atoms in total. The number of ketones is 1. The molecule has 35 heavy (non-hydrogen) atoms. The van der Waals surface area contributed by atoms with E-state index in [1.807, 2.05) is 60.2 Å². The zero-order valence-corrected chi connectivity index (χ0v) is 20.1. The highest BCUT2D eigenvalue weighted by molar-refractivity contribution is 7.99. The van der Waals surface area contributed by atoms with Crippen LogP contribution < -0.4 is 5.32 Å². The number of carbonyl (C=O) groups is 2. The quantitative estimate of drug-likeness (QED) is 0.231. The fourth-order valence-corrected chi connectivity index (χ4v) is 4.69. The minimum absolute atomic E-state index is 0.0495. The van der Waals surface area contributed by atoms with Crippen molar-refractivity contribution < 1.29 is 9.59 Å². The van der Waals surface area contributed by atoms with Crippen molar-refractivity contribution in [3.8, 4) is 17.1 Å². The first-order valence-electron chi connectivity index (χ1n) is 11.1. The summed E-state index contributed by atoms with van der Waals surface area (Å²) in [6, 6.07) is 23.1. The SMILES string of the molecule is CC(=O)c1cccc(NC(=O)CSc2nnc(-c3c[nH]c4ccccc34)n2-c2cccc(C)c2)c1. The first-order valence-corrected chi connectivity index (χ1v) is 12.1. The van der Waals surface area contributed by atoms with Gasteiger partial charge in [0.15, 0.2) is 16.8 Å². The first-order chi connectivity index (χ1) is 17.0. The van der Waals surface area contributed by atoms with Gasteiger partial charge in [0.25, 0.3) is 0 Å². The predicted molar refractivity (Wildman–Crippen MR) is 139 cm³/mol. The lowest BCUT2D eigenvalue weighted by molar-refractivity contribution is -0.113. The van der Waals surface area contributed by atoms with Crippen molar-refractivity contribution in [2.45, 2.75) is 19.0 Å². The Kier molecular flexibility index (Phi) is 6.20. The molecule has 0 radical (unpaired) electrons. The average molecular weight is 482 g/mol. The number of H-pyrrole nitrogens is 1. The van der Waals surface area contributed by atoms with Gasteiger partial charge in [-0.05, 0) is 49.7 Å². The third-order valence-corrected chi connectivity index (χ3v) is 6.54. The van der Waals surface area contributed by atoms with Crippen LogP contribution in [0, 0.1) is 6.92 Å². The molecule has 0 bridgehead atoms. The van der Waals surface area contributed by atoms with Crippen LogP contribution >= 0.6 is 11.8 Å². The van der Waals surface area contributed by atoms with Gasteiger partial charge in [0.1, 0.15) is 0 Å². The van der Waals surface area contributed by atoms with Gasteiger partial charge in [-0.1, -0.05) is 54.2 Å². The second-order valence-corrected chi connectivity index (χ2v) is 9.14. The van der Waals surface area contributed by atoms with Crippen molar-refractivity contribution in [1.29, 1.82) is 0 Å². The van der Waals surface area contributed by atoms with Gasteiger partial charge in [0.2, 0.25) is 5.91 Å². The van der Waals surface area contributed by atoms with Crippen LogP contribution in [0.1, 0.15) is 22.8 Å². The molecule has 0 unspecified atom stereocenters. The molecule has 3 aromatic carbocycles. The summed E-state index contributed by atoms with van der Waals surface area (Å²) in [6.45, 7) is 3.54. The summed E-state index contributed by atoms with van der Waals surface area (Å²) >= 11 is 1.31. The van der Waals surface area contributed by atoms with E-state index in [9.17, 15) is 9.59 Å². The van der Waals surface area contributed by atoms with E-state index in [-0.39, 0.29) is 17.4 Å². The highest BCUT2D eigenvalue weighted by Gasteiger charge is 2.20. The summed E-state index contributed by atoms with van der Waals surface area (Å²) in [5.41, 5.74) is 5.13. The number of nitrogens with one attached hydrogen (secondary N) is 2. The molecule has 0 aliphatic rings. The van der Waals surface area contributed by atoms with Gasteiger partial charge in [-0.3, -0.25) is 14.2 Å². The standard InChI is InChI=1S/C27H23N5O2S/c1-17-7-5-10-21(13-17)32-26(23-15-28-24-12-4-3-11-22(23)24)30-31-27(32)35-16-25(34)29-20-9-6-8-19(14-20)18(2)33/h3-15,28H,16H2,1-2H3,(H,29,34). The number of benzene rings is 3. The van der Waals surface area contributed by atoms with Crippen LogP contribution in [0.25, 0.3) is 28.0 Å². The van der Waals surface area contributed by atoms with Crippen molar-refractivity contribution in [1.82, 2.24) is 19.7 Å². The number of aryl methyl sites for hydroxylation is 1. The first kappa shape index (κ1) is 22.6. The number of nitrogens with zero attached hydrogens (tertiary/aromatic N) is 3. The van der Waals surface area contributed by atoms with Crippen LogP contribution in [-0.2, 0) is 4.79 Å². The molecule has 0 saturated carbocycles. The molecule has 2 N–H and O–H groups in total. The van der Waals surface area contributed by atoms with E-state index in [0.717, 1.165) is 27.7 Å². The number of aromatic nitrogens is 4. The molecule has 2 aromatic heterocycles. The Bertz CT molecular complexity index is 1550. The van der Waals surface area contributed by atoms with Crippen LogP contribution in [-0.4, -0.2) is 37.2 Å². The Balaban J connectivity index is 1.45. The summed E-state index contributed by atoms with van der Waals surface area (Å²) in [6.07, 6.45) is 1.93. The van der Waals surface area contributed by atoms with E-state index in [1.54, 1.807) is 24.3 Å². The normalized spacial score (nSPS) is 11.0. The summed E-state index contributed by atoms with van der Waals surface area (Å²) in [4.78, 5) is 27.6. The smallest absolute Gasteiger partial charge is 0.234 e. The fraction of sp³-hybridized carbons (Fsp3) is 0.111. The summed E-state index contributed by atoms with van der Waals surface area (Å²) in [5, 5.41) is 13.5. The number of fused-ring (bicyclic) bond motifs is 1. The maximum Gasteiger partial charge on any atom is 0.234 e. The largest absolute Gasteiger partial charge is 0.360 e. The van der Waals surface area contributed by atoms with E-state index < -0.39 is 0 Å². The Morgan fingerprint density at radius 1 is 1.00 bits per heavy atom. The number of carbonyl (C=O) groups excluding carboxylic acids is 2. The van der Waals surface area contributed by atoms with Gasteiger partial charge in [-0.25, -0.2) is 0 Å². The number of rotatable bonds is 7. The summed E-state index contributed by atoms with van der Waals surface area (Å²) in [7, 11) is 0. The Morgan fingerprint density at radius 2 is 1.83 bits per heavy atom. The van der Waals surface area contributed by atoms with Gasteiger partial charge in [-0.2, -0.15) is 0 Å². The minimum atomic E-state index is -0.192. The van der Waals surface area contributed by atoms with Crippen LogP contribution in [0.5, 0.6) is 0 Å². The van der Waals surface area contributed by atoms with Gasteiger partial charge in [0.05, 0.1) is 5.75 Å². The van der Waals surface area contributed by atoms with E-state index in [0.29, 0.717) is 22.2 Å². The number of Topliss-reactive ketones (excluding diaryl/α,β-unsaturated/α-hetero) is 1. The van der Waals surface area contributed by atoms with Crippen molar-refractivity contribution in [2.24, 2.45) is 0 Å². The zero-order chi connectivity index (χ0) is 24.4. The number of thioether (sulfide) groups is 1. The van der Waals surface area contributed by atoms with E-state index in [4.69, 9.17) is 0 Å². The average Bonchev–Trinajstić information content (AvgIpc) is 3.47. The second-order valence-electron chi connectivity index (χ2n) is 8.20. The molecule has 0 aliphatic heterocycles. The molecule has 5 aromatic rings. The molecule has 8 heteroatoms. The van der Waals surface area contributed by atoms with Gasteiger partial charge in [0, 0.05) is 39.6 Å². The molecule has 0 spiro atoms. The number of para-hydroxylation sites is 1. The number of hydrogen-bond donors (Lipinski definition) is 2. The fourth-order valence-electron chi connectivity index (χ4n) is 3.94. The maximum atomic E-state index is 12.7. The molecule has 1 amide bonds. The zero-order valence-electron chi connectivity index (χ0n) is 19.3. The van der Waals surface area contributed by atoms with E-state index >= 15 is 0 Å². The van der Waals surface area contributed by atoms with E-state index in [2.05, 4.69) is 26.6 Å². The molecule has 5 rings (SSSR count). The lowest BCUT2D eigenvalue weighted by atomic mass is 10.1. The van der Waals surface area contributed by atoms with Crippen LogP contribution in [0.4, 0.5) is 5.69 Å². The van der Waals surface area contributed by atoms with Crippen molar-refractivity contribution in [3.63, 3.8) is 0 Å². The van der Waals surface area contributed by atoms with Crippen LogP contribution in [0.3, 0.4) is 0 Å². The monoisotopic (exact) mass is 481 g/mol. The highest BCUT2D eigenvalue weighted by atomic mass is 32.2. The number of hydrogen-bond acceptors (Lipinski definition) is 5. The number of aromatic amines is 1. The van der Waals surface area contributed by atoms with Crippen LogP contribution in [0.2, 0.25) is 0 Å². The maximum absolute atomic E-state index is 12.7. The molecular weight excluding hydrogens is 458 g/mol. The third kappa shape index (κ3) is 4.74. The molecule has 0 fully saturated rings. The van der Waals surface area contributed by atoms with Crippen LogP contribution in [0.15, 0.2) is 84.1 Å². The van der Waals surface area contributed by atoms with Gasteiger partial charge >= 0.3 is 0 Å². The lowest BCUT2D eigenvalue weighted by Gasteiger charge is -2.11. The lowest BCUT2D eigenvalue weighted by Crippen LogP contribution is -2.15. The molecule has 174 valence electrons. The van der Waals surface area contributed by atoms with Crippen molar-refractivity contribution >= 4 is 40.0 Å². The summed E-state index contributed by atoms with van der Waals surface area (Å²) < 4.78 is 1.98. The Hall–Kier alpha value is -4.17. The molecule has 0 aliphatic carbocycles. The highest BCUT2D eigenvalue weighted by Crippen LogP contribution is 2.32. The van der Waals surface area contributed by atoms with Gasteiger partial charge in [-0.15, -0.1) is 10.2 Å². The molecular formula is C27H23N5O2S. The number of amides is 1. The Labute approximate surface area is 206 Å². The van der Waals surface area contributed by atoms with Crippen molar-refractivity contribution in [3.05, 3.63) is 90.1 Å². The topological polar surface area (TPSA) is 92.7 Å². The predicted octanol–water partition coefficient (Wildman–Crippen LogP) is 5.66. The minimum Gasteiger partial charge on any atom is -0.360 e. The van der Waals surface area contributed by atoms with E-state index in [1.165, 1.54) is 18.7 Å². The second kappa shape index (κ2) is 9.60.